The lowest BCUT2D eigenvalue weighted by molar-refractivity contribution is -0.110. The number of hydrogen-bond donors (Lipinski definition) is 1. The molecule has 0 bridgehead atoms. The maximum absolute atomic E-state index is 11.5. The lowest BCUT2D eigenvalue weighted by Crippen LogP contribution is -2.18. The van der Waals surface area contributed by atoms with Crippen LogP contribution in [0.5, 0.6) is 0 Å². The van der Waals surface area contributed by atoms with Gasteiger partial charge in [0.25, 0.3) is 0 Å². The lowest BCUT2D eigenvalue weighted by Gasteiger charge is -2.12. The van der Waals surface area contributed by atoms with Gasteiger partial charge in [-0.15, -0.1) is 0 Å². The van der Waals surface area contributed by atoms with Crippen molar-refractivity contribution in [3.63, 3.8) is 0 Å². The Labute approximate surface area is 81.2 Å². The minimum Gasteiger partial charge on any atom is -0.398 e. The van der Waals surface area contributed by atoms with Crippen molar-refractivity contribution in [1.29, 1.82) is 0 Å². The van der Waals surface area contributed by atoms with Crippen LogP contribution in [-0.2, 0) is 4.79 Å². The molecule has 0 saturated carbocycles. The van der Waals surface area contributed by atoms with E-state index in [0.717, 1.165) is 11.1 Å². The zero-order chi connectivity index (χ0) is 10.3. The average molecular weight is 187 g/mol. The largest absolute Gasteiger partial charge is 0.398 e. The van der Waals surface area contributed by atoms with Crippen molar-refractivity contribution in [3.05, 3.63) is 34.9 Å². The van der Waals surface area contributed by atoms with Crippen molar-refractivity contribution in [3.8, 4) is 0 Å². The van der Waals surface area contributed by atoms with Crippen molar-refractivity contribution in [1.82, 2.24) is 0 Å². The van der Waals surface area contributed by atoms with Gasteiger partial charge in [-0.05, 0) is 24.1 Å². The highest BCUT2D eigenvalue weighted by Gasteiger charge is 2.23. The zero-order valence-corrected chi connectivity index (χ0v) is 7.70. The molecule has 3 heteroatoms. The number of carbonyl (C=O) groups is 2. The van der Waals surface area contributed by atoms with Crippen LogP contribution in [0.25, 0.3) is 6.08 Å². The van der Waals surface area contributed by atoms with Gasteiger partial charge in [-0.2, -0.15) is 0 Å². The summed E-state index contributed by atoms with van der Waals surface area (Å²) in [5, 5.41) is 0. The summed E-state index contributed by atoms with van der Waals surface area (Å²) < 4.78 is 0. The minimum absolute atomic E-state index is 0.345. The summed E-state index contributed by atoms with van der Waals surface area (Å²) in [7, 11) is 0. The second-order valence-electron chi connectivity index (χ2n) is 3.29. The van der Waals surface area contributed by atoms with Gasteiger partial charge in [0.15, 0.2) is 0 Å². The standard InChI is InChI=1S/C11H9NO2/c1-6-2-3-7-4-5-8(13)11(14)9(7)10(6)12/h2-5H,12H2,1H3. The number of allylic oxidation sites excluding steroid dienone is 1. The first kappa shape index (κ1) is 8.69. The predicted octanol–water partition coefficient (Wildman–Crippen LogP) is 1.36. The number of nitrogen functional groups attached to an aromatic ring is 1. The van der Waals surface area contributed by atoms with Gasteiger partial charge in [-0.25, -0.2) is 0 Å². The van der Waals surface area contributed by atoms with E-state index in [4.69, 9.17) is 5.73 Å². The Morgan fingerprint density at radius 1 is 1.14 bits per heavy atom. The third kappa shape index (κ3) is 1.06. The first-order valence-corrected chi connectivity index (χ1v) is 4.27. The minimum atomic E-state index is -0.510. The van der Waals surface area contributed by atoms with E-state index in [9.17, 15) is 9.59 Å². The molecule has 2 N–H and O–H groups in total. The molecule has 1 aliphatic rings. The Balaban J connectivity index is 2.77. The fourth-order valence-corrected chi connectivity index (χ4v) is 1.50. The Hall–Kier alpha value is -1.90. The Kier molecular flexibility index (Phi) is 1.74. The summed E-state index contributed by atoms with van der Waals surface area (Å²) in [5.41, 5.74) is 8.04. The Bertz CT molecular complexity index is 472. The van der Waals surface area contributed by atoms with Crippen LogP contribution in [0, 0.1) is 6.92 Å². The first-order chi connectivity index (χ1) is 6.61. The first-order valence-electron chi connectivity index (χ1n) is 4.27. The molecule has 0 saturated heterocycles. The molecular formula is C11H9NO2. The summed E-state index contributed by atoms with van der Waals surface area (Å²) in [6.07, 6.45) is 2.90. The third-order valence-corrected chi connectivity index (χ3v) is 2.36. The van der Waals surface area contributed by atoms with Crippen molar-refractivity contribution in [2.24, 2.45) is 0 Å². The van der Waals surface area contributed by atoms with Gasteiger partial charge in [0.2, 0.25) is 11.6 Å². The number of fused-ring (bicyclic) bond motifs is 1. The van der Waals surface area contributed by atoms with Crippen molar-refractivity contribution in [2.45, 2.75) is 6.92 Å². The van der Waals surface area contributed by atoms with Crippen LogP contribution < -0.4 is 5.73 Å². The quantitative estimate of drug-likeness (QED) is 0.492. The normalized spacial score (nSPS) is 14.4. The number of nitrogens with two attached hydrogens (primary N) is 1. The number of carbonyl (C=O) groups excluding carboxylic acids is 2. The highest BCUT2D eigenvalue weighted by molar-refractivity contribution is 6.50. The maximum atomic E-state index is 11.5. The second-order valence-corrected chi connectivity index (χ2v) is 3.29. The molecule has 0 spiro atoms. The molecule has 2 rings (SSSR count). The monoisotopic (exact) mass is 187 g/mol. The van der Waals surface area contributed by atoms with E-state index in [0.29, 0.717) is 11.3 Å². The van der Waals surface area contributed by atoms with E-state index < -0.39 is 11.6 Å². The summed E-state index contributed by atoms with van der Waals surface area (Å²) in [6.45, 7) is 1.81. The van der Waals surface area contributed by atoms with E-state index >= 15 is 0 Å². The number of aryl methyl sites for hydroxylation is 1. The molecule has 0 aromatic heterocycles. The van der Waals surface area contributed by atoms with Gasteiger partial charge in [-0.3, -0.25) is 9.59 Å². The van der Waals surface area contributed by atoms with Crippen LogP contribution in [0.15, 0.2) is 18.2 Å². The molecule has 0 atom stereocenters. The Morgan fingerprint density at radius 2 is 1.86 bits per heavy atom. The smallest absolute Gasteiger partial charge is 0.235 e. The van der Waals surface area contributed by atoms with Crippen LogP contribution in [0.2, 0.25) is 0 Å². The molecule has 1 aromatic carbocycles. The number of hydrogen-bond acceptors (Lipinski definition) is 3. The lowest BCUT2D eigenvalue weighted by atomic mass is 9.92. The van der Waals surface area contributed by atoms with E-state index in [2.05, 4.69) is 0 Å². The van der Waals surface area contributed by atoms with Crippen molar-refractivity contribution >= 4 is 23.3 Å². The topological polar surface area (TPSA) is 60.2 Å². The van der Waals surface area contributed by atoms with Gasteiger partial charge in [0, 0.05) is 5.69 Å². The number of anilines is 1. The van der Waals surface area contributed by atoms with E-state index in [1.165, 1.54) is 6.08 Å². The highest BCUT2D eigenvalue weighted by Crippen LogP contribution is 2.25. The molecule has 0 heterocycles. The molecule has 0 radical (unpaired) electrons. The molecule has 14 heavy (non-hydrogen) atoms. The fraction of sp³-hybridized carbons (Fsp3) is 0.0909. The number of Topliss-reactive ketones (excluding diaryl/α,β-unsaturated/α-hetero) is 1. The Morgan fingerprint density at radius 3 is 2.57 bits per heavy atom. The second kappa shape index (κ2) is 2.80. The molecule has 1 aliphatic carbocycles. The molecule has 3 nitrogen and oxygen atoms in total. The average Bonchev–Trinajstić information content (AvgIpc) is 2.17. The van der Waals surface area contributed by atoms with Gasteiger partial charge in [0.05, 0.1) is 5.56 Å². The predicted molar refractivity (Wildman–Crippen MR) is 54.0 cm³/mol. The van der Waals surface area contributed by atoms with Gasteiger partial charge in [0.1, 0.15) is 0 Å². The van der Waals surface area contributed by atoms with Crippen LogP contribution >= 0.6 is 0 Å². The molecule has 0 fully saturated rings. The fourth-order valence-electron chi connectivity index (χ4n) is 1.50. The summed E-state index contributed by atoms with van der Waals surface area (Å²) in [6, 6.07) is 3.63. The molecule has 1 aromatic rings. The van der Waals surface area contributed by atoms with Gasteiger partial charge < -0.3 is 5.73 Å². The van der Waals surface area contributed by atoms with Crippen LogP contribution in [0.4, 0.5) is 5.69 Å². The van der Waals surface area contributed by atoms with Crippen LogP contribution in [0.1, 0.15) is 21.5 Å². The molecule has 70 valence electrons. The number of ketones is 2. The number of rotatable bonds is 0. The summed E-state index contributed by atoms with van der Waals surface area (Å²) >= 11 is 0. The van der Waals surface area contributed by atoms with E-state index in [1.54, 1.807) is 12.1 Å². The molecule has 0 aliphatic heterocycles. The highest BCUT2D eigenvalue weighted by atomic mass is 16.2. The van der Waals surface area contributed by atoms with E-state index in [-0.39, 0.29) is 0 Å². The van der Waals surface area contributed by atoms with Crippen molar-refractivity contribution in [2.75, 3.05) is 5.73 Å². The van der Waals surface area contributed by atoms with Gasteiger partial charge >= 0.3 is 0 Å². The molecule has 0 amide bonds. The zero-order valence-electron chi connectivity index (χ0n) is 7.70. The van der Waals surface area contributed by atoms with Crippen molar-refractivity contribution < 1.29 is 9.59 Å². The maximum Gasteiger partial charge on any atom is 0.235 e. The number of benzene rings is 1. The molecule has 0 unspecified atom stereocenters. The summed E-state index contributed by atoms with van der Waals surface area (Å²) in [4.78, 5) is 22.6. The van der Waals surface area contributed by atoms with E-state index in [1.807, 2.05) is 13.0 Å². The summed E-state index contributed by atoms with van der Waals surface area (Å²) in [5.74, 6) is -1.02. The van der Waals surface area contributed by atoms with Crippen LogP contribution in [-0.4, -0.2) is 11.6 Å². The SMILES string of the molecule is Cc1ccc2c(c1N)C(=O)C(=O)C=C2. The third-order valence-electron chi connectivity index (χ3n) is 2.36. The molecular weight excluding hydrogens is 178 g/mol. The van der Waals surface area contributed by atoms with Crippen LogP contribution in [0.3, 0.4) is 0 Å². The van der Waals surface area contributed by atoms with Gasteiger partial charge in [-0.1, -0.05) is 18.2 Å².